The largest absolute Gasteiger partial charge is 0.349 e. The Morgan fingerprint density at radius 2 is 1.77 bits per heavy atom. The van der Waals surface area contributed by atoms with Crippen LogP contribution in [0.3, 0.4) is 0 Å². The molecule has 0 rings (SSSR count). The molecule has 1 amide bonds. The molecule has 0 aliphatic carbocycles. The smallest absolute Gasteiger partial charge is 0.224 e. The summed E-state index contributed by atoms with van der Waals surface area (Å²) in [6, 6.07) is 0. The highest BCUT2D eigenvalue weighted by molar-refractivity contribution is 5.77. The van der Waals surface area contributed by atoms with E-state index in [1.165, 1.54) is 6.42 Å². The van der Waals surface area contributed by atoms with Gasteiger partial charge in [0.15, 0.2) is 0 Å². The molecule has 0 aromatic carbocycles. The van der Waals surface area contributed by atoms with Crippen molar-refractivity contribution in [2.45, 2.75) is 47.0 Å². The summed E-state index contributed by atoms with van der Waals surface area (Å²) in [7, 11) is 3.62. The number of carbonyl (C=O) groups excluding carboxylic acids is 1. The first-order valence-corrected chi connectivity index (χ1v) is 5.30. The first kappa shape index (κ1) is 15.0. The van der Waals surface area contributed by atoms with Crippen molar-refractivity contribution in [1.82, 2.24) is 4.90 Å². The molecular formula is C11H25NO. The van der Waals surface area contributed by atoms with E-state index in [0.29, 0.717) is 0 Å². The molecule has 0 aromatic rings. The SMILES string of the molecule is CC.CCCCC(C)C(=O)N(C)C. The van der Waals surface area contributed by atoms with Crippen LogP contribution in [0.5, 0.6) is 0 Å². The van der Waals surface area contributed by atoms with E-state index in [0.717, 1.165) is 12.8 Å². The number of carbonyl (C=O) groups is 1. The average molecular weight is 187 g/mol. The van der Waals surface area contributed by atoms with Gasteiger partial charge in [-0.05, 0) is 6.42 Å². The van der Waals surface area contributed by atoms with Crippen LogP contribution in [0.25, 0.3) is 0 Å². The van der Waals surface area contributed by atoms with Crippen molar-refractivity contribution in [1.29, 1.82) is 0 Å². The molecule has 0 aliphatic heterocycles. The van der Waals surface area contributed by atoms with Gasteiger partial charge in [0.05, 0.1) is 0 Å². The summed E-state index contributed by atoms with van der Waals surface area (Å²) in [5.41, 5.74) is 0. The van der Waals surface area contributed by atoms with E-state index in [1.54, 1.807) is 4.90 Å². The molecule has 0 aliphatic rings. The zero-order valence-electron chi connectivity index (χ0n) is 10.1. The van der Waals surface area contributed by atoms with Crippen molar-refractivity contribution in [3.05, 3.63) is 0 Å². The van der Waals surface area contributed by atoms with Crippen molar-refractivity contribution < 1.29 is 4.79 Å². The molecule has 1 unspecified atom stereocenters. The Morgan fingerprint density at radius 3 is 2.08 bits per heavy atom. The molecule has 0 spiro atoms. The standard InChI is InChI=1S/C9H19NO.C2H6/c1-5-6-7-8(2)9(11)10(3)4;1-2/h8H,5-7H2,1-4H3;1-2H3. The maximum Gasteiger partial charge on any atom is 0.224 e. The molecule has 13 heavy (non-hydrogen) atoms. The lowest BCUT2D eigenvalue weighted by molar-refractivity contribution is -0.132. The molecule has 80 valence electrons. The van der Waals surface area contributed by atoms with Gasteiger partial charge >= 0.3 is 0 Å². The zero-order valence-corrected chi connectivity index (χ0v) is 10.1. The van der Waals surface area contributed by atoms with Gasteiger partial charge in [-0.1, -0.05) is 40.5 Å². The minimum absolute atomic E-state index is 0.199. The highest BCUT2D eigenvalue weighted by Crippen LogP contribution is 2.09. The summed E-state index contributed by atoms with van der Waals surface area (Å²) in [5, 5.41) is 0. The predicted molar refractivity (Wildman–Crippen MR) is 58.7 cm³/mol. The van der Waals surface area contributed by atoms with E-state index in [9.17, 15) is 4.79 Å². The molecule has 0 bridgehead atoms. The van der Waals surface area contributed by atoms with Crippen LogP contribution in [0.4, 0.5) is 0 Å². The molecule has 0 heterocycles. The van der Waals surface area contributed by atoms with E-state index in [1.807, 2.05) is 34.9 Å². The van der Waals surface area contributed by atoms with Crippen molar-refractivity contribution in [2.75, 3.05) is 14.1 Å². The fourth-order valence-corrected chi connectivity index (χ4v) is 1.07. The Morgan fingerprint density at radius 1 is 1.31 bits per heavy atom. The summed E-state index contributed by atoms with van der Waals surface area (Å²) in [6.45, 7) is 8.14. The lowest BCUT2D eigenvalue weighted by Crippen LogP contribution is -2.27. The van der Waals surface area contributed by atoms with Crippen molar-refractivity contribution in [2.24, 2.45) is 5.92 Å². The Bertz CT molecular complexity index is 121. The van der Waals surface area contributed by atoms with Crippen LogP contribution >= 0.6 is 0 Å². The van der Waals surface area contributed by atoms with E-state index in [2.05, 4.69) is 6.92 Å². The molecule has 0 radical (unpaired) electrons. The fourth-order valence-electron chi connectivity index (χ4n) is 1.07. The van der Waals surface area contributed by atoms with Crippen molar-refractivity contribution in [3.63, 3.8) is 0 Å². The number of amides is 1. The Hall–Kier alpha value is -0.530. The monoisotopic (exact) mass is 187 g/mol. The summed E-state index contributed by atoms with van der Waals surface area (Å²) in [6.07, 6.45) is 3.35. The first-order chi connectivity index (χ1) is 6.09. The highest BCUT2D eigenvalue weighted by atomic mass is 16.2. The van der Waals surface area contributed by atoms with Gasteiger partial charge in [-0.3, -0.25) is 4.79 Å². The molecule has 0 saturated carbocycles. The Kier molecular flexibility index (Phi) is 11.0. The van der Waals surface area contributed by atoms with E-state index in [4.69, 9.17) is 0 Å². The van der Waals surface area contributed by atoms with Gasteiger partial charge in [-0.15, -0.1) is 0 Å². The van der Waals surface area contributed by atoms with E-state index >= 15 is 0 Å². The third kappa shape index (κ3) is 7.82. The first-order valence-electron chi connectivity index (χ1n) is 5.30. The molecule has 0 aromatic heterocycles. The van der Waals surface area contributed by atoms with Gasteiger partial charge in [0.25, 0.3) is 0 Å². The van der Waals surface area contributed by atoms with Gasteiger partial charge in [0.2, 0.25) is 5.91 Å². The van der Waals surface area contributed by atoms with Crippen LogP contribution < -0.4 is 0 Å². The van der Waals surface area contributed by atoms with Crippen LogP contribution in [0.1, 0.15) is 47.0 Å². The molecule has 0 N–H and O–H groups in total. The Labute approximate surface area is 83.3 Å². The number of nitrogens with zero attached hydrogens (tertiary/aromatic N) is 1. The van der Waals surface area contributed by atoms with Crippen molar-refractivity contribution in [3.8, 4) is 0 Å². The van der Waals surface area contributed by atoms with Gasteiger partial charge in [-0.25, -0.2) is 0 Å². The maximum atomic E-state index is 11.3. The third-order valence-corrected chi connectivity index (χ3v) is 1.85. The van der Waals surface area contributed by atoms with E-state index < -0.39 is 0 Å². The second kappa shape index (κ2) is 9.56. The average Bonchev–Trinajstić information content (AvgIpc) is 2.16. The second-order valence-electron chi connectivity index (χ2n) is 3.28. The molecular weight excluding hydrogens is 162 g/mol. The van der Waals surface area contributed by atoms with Gasteiger partial charge < -0.3 is 4.90 Å². The lowest BCUT2D eigenvalue weighted by atomic mass is 10.0. The van der Waals surface area contributed by atoms with Gasteiger partial charge in [0.1, 0.15) is 0 Å². The molecule has 0 fully saturated rings. The van der Waals surface area contributed by atoms with Crippen LogP contribution in [0.15, 0.2) is 0 Å². The fraction of sp³-hybridized carbons (Fsp3) is 0.909. The second-order valence-corrected chi connectivity index (χ2v) is 3.28. The molecule has 2 nitrogen and oxygen atoms in total. The summed E-state index contributed by atoms with van der Waals surface area (Å²) in [4.78, 5) is 12.9. The molecule has 0 saturated heterocycles. The van der Waals surface area contributed by atoms with Crippen LogP contribution in [-0.4, -0.2) is 24.9 Å². The lowest BCUT2D eigenvalue weighted by Gasteiger charge is -2.15. The minimum Gasteiger partial charge on any atom is -0.349 e. The normalized spacial score (nSPS) is 11.2. The van der Waals surface area contributed by atoms with Crippen LogP contribution in [0, 0.1) is 5.92 Å². The molecule has 1 atom stereocenters. The highest BCUT2D eigenvalue weighted by Gasteiger charge is 2.12. The molecule has 2 heteroatoms. The number of hydrogen-bond acceptors (Lipinski definition) is 1. The predicted octanol–water partition coefficient (Wildman–Crippen LogP) is 2.93. The number of unbranched alkanes of at least 4 members (excludes halogenated alkanes) is 1. The topological polar surface area (TPSA) is 20.3 Å². The summed E-state index contributed by atoms with van der Waals surface area (Å²) in [5.74, 6) is 0.448. The quantitative estimate of drug-likeness (QED) is 0.662. The third-order valence-electron chi connectivity index (χ3n) is 1.85. The number of rotatable bonds is 4. The van der Waals surface area contributed by atoms with E-state index in [-0.39, 0.29) is 11.8 Å². The minimum atomic E-state index is 0.199. The van der Waals surface area contributed by atoms with Crippen LogP contribution in [0.2, 0.25) is 0 Å². The maximum absolute atomic E-state index is 11.3. The van der Waals surface area contributed by atoms with Gasteiger partial charge in [0, 0.05) is 20.0 Å². The van der Waals surface area contributed by atoms with Gasteiger partial charge in [-0.2, -0.15) is 0 Å². The summed E-state index contributed by atoms with van der Waals surface area (Å²) < 4.78 is 0. The summed E-state index contributed by atoms with van der Waals surface area (Å²) >= 11 is 0. The Balaban J connectivity index is 0. The number of hydrogen-bond donors (Lipinski definition) is 0. The zero-order chi connectivity index (χ0) is 10.9. The van der Waals surface area contributed by atoms with Crippen molar-refractivity contribution >= 4 is 5.91 Å². The van der Waals surface area contributed by atoms with Crippen LogP contribution in [-0.2, 0) is 4.79 Å².